The van der Waals surface area contributed by atoms with Gasteiger partial charge in [-0.1, -0.05) is 20.8 Å². The first-order chi connectivity index (χ1) is 14.1. The highest BCUT2D eigenvalue weighted by Gasteiger charge is 2.65. The summed E-state index contributed by atoms with van der Waals surface area (Å²) in [6.07, 6.45) is 7.69. The Hall–Kier alpha value is -0.650. The SMILES string of the molecule is COC(=O)CCC(C)C1CCC2C3C(O)C[C@@H]4C[C@@H](N)CC[C@]4(C)C3C[C@H](O)[C@]12C. The quantitative estimate of drug-likeness (QED) is 0.604. The molecule has 4 saturated carbocycles. The van der Waals surface area contributed by atoms with Crippen LogP contribution in [0.15, 0.2) is 0 Å². The first kappa shape index (κ1) is 22.5. The summed E-state index contributed by atoms with van der Waals surface area (Å²) in [5.74, 6) is 2.11. The minimum atomic E-state index is -0.338. The van der Waals surface area contributed by atoms with Gasteiger partial charge in [0.05, 0.1) is 19.3 Å². The summed E-state index contributed by atoms with van der Waals surface area (Å²) < 4.78 is 4.84. The first-order valence-corrected chi connectivity index (χ1v) is 12.3. The third-order valence-corrected chi connectivity index (χ3v) is 10.6. The number of aliphatic hydroxyl groups is 2. The van der Waals surface area contributed by atoms with Crippen molar-refractivity contribution in [3.63, 3.8) is 0 Å². The van der Waals surface area contributed by atoms with Crippen molar-refractivity contribution in [1.29, 1.82) is 0 Å². The van der Waals surface area contributed by atoms with Crippen LogP contribution in [-0.4, -0.2) is 41.5 Å². The molecule has 0 bridgehead atoms. The molecule has 0 amide bonds. The molecule has 0 saturated heterocycles. The van der Waals surface area contributed by atoms with Gasteiger partial charge in [0.15, 0.2) is 0 Å². The standard InChI is InChI=1S/C25H43NO4/c1-14(5-8-22(29)30-4)17-6-7-18-23-19(13-21(28)25(17,18)3)24(2)10-9-16(26)11-15(24)12-20(23)27/h14-21,23,27-28H,5-13,26H2,1-4H3/t14?,15-,16-,17?,18?,19?,20?,21-,23?,24-,25+/m0/s1. The Morgan fingerprint density at radius 3 is 2.57 bits per heavy atom. The van der Waals surface area contributed by atoms with Gasteiger partial charge in [0.25, 0.3) is 0 Å². The molecule has 30 heavy (non-hydrogen) atoms. The number of hydrogen-bond acceptors (Lipinski definition) is 5. The third-order valence-electron chi connectivity index (χ3n) is 10.6. The Bertz CT molecular complexity index is 655. The number of aliphatic hydroxyl groups excluding tert-OH is 2. The number of nitrogens with two attached hydrogens (primary N) is 1. The zero-order valence-corrected chi connectivity index (χ0v) is 19.3. The summed E-state index contributed by atoms with van der Waals surface area (Å²) in [5.41, 5.74) is 6.31. The molecule has 4 fully saturated rings. The number of hydrogen-bond donors (Lipinski definition) is 3. The van der Waals surface area contributed by atoms with Gasteiger partial charge in [-0.15, -0.1) is 0 Å². The van der Waals surface area contributed by atoms with Crippen LogP contribution in [0.2, 0.25) is 0 Å². The first-order valence-electron chi connectivity index (χ1n) is 12.3. The fourth-order valence-corrected chi connectivity index (χ4v) is 8.84. The molecule has 4 rings (SSSR count). The van der Waals surface area contributed by atoms with Crippen molar-refractivity contribution in [2.75, 3.05) is 7.11 Å². The number of ether oxygens (including phenoxy) is 1. The van der Waals surface area contributed by atoms with Gasteiger partial charge in [-0.3, -0.25) is 4.79 Å². The van der Waals surface area contributed by atoms with Crippen molar-refractivity contribution >= 4 is 5.97 Å². The summed E-state index contributed by atoms with van der Waals surface area (Å²) in [6, 6.07) is 0.261. The summed E-state index contributed by atoms with van der Waals surface area (Å²) in [7, 11) is 1.45. The molecule has 4 N–H and O–H groups in total. The van der Waals surface area contributed by atoms with Crippen molar-refractivity contribution in [2.45, 2.75) is 96.8 Å². The van der Waals surface area contributed by atoms with Crippen LogP contribution in [-0.2, 0) is 9.53 Å². The predicted molar refractivity (Wildman–Crippen MR) is 116 cm³/mol. The van der Waals surface area contributed by atoms with Crippen LogP contribution in [0, 0.1) is 46.3 Å². The van der Waals surface area contributed by atoms with E-state index in [1.54, 1.807) is 0 Å². The lowest BCUT2D eigenvalue weighted by Crippen LogP contribution is -2.62. The Morgan fingerprint density at radius 1 is 1.13 bits per heavy atom. The third kappa shape index (κ3) is 3.34. The van der Waals surface area contributed by atoms with E-state index in [0.717, 1.165) is 51.4 Å². The Morgan fingerprint density at radius 2 is 1.87 bits per heavy atom. The van der Waals surface area contributed by atoms with Crippen molar-refractivity contribution in [1.82, 2.24) is 0 Å². The number of fused-ring (bicyclic) bond motifs is 5. The van der Waals surface area contributed by atoms with Crippen molar-refractivity contribution < 1.29 is 19.7 Å². The van der Waals surface area contributed by atoms with Crippen LogP contribution in [0.25, 0.3) is 0 Å². The van der Waals surface area contributed by atoms with Gasteiger partial charge >= 0.3 is 5.97 Å². The van der Waals surface area contributed by atoms with E-state index in [0.29, 0.717) is 36.0 Å². The smallest absolute Gasteiger partial charge is 0.305 e. The molecule has 0 spiro atoms. The maximum atomic E-state index is 11.7. The monoisotopic (exact) mass is 421 g/mol. The van der Waals surface area contributed by atoms with Crippen LogP contribution < -0.4 is 5.73 Å². The fourth-order valence-electron chi connectivity index (χ4n) is 8.84. The number of esters is 1. The number of carbonyl (C=O) groups is 1. The highest BCUT2D eigenvalue weighted by molar-refractivity contribution is 5.69. The highest BCUT2D eigenvalue weighted by Crippen LogP contribution is 2.68. The fraction of sp³-hybridized carbons (Fsp3) is 0.960. The van der Waals surface area contributed by atoms with E-state index in [-0.39, 0.29) is 41.0 Å². The van der Waals surface area contributed by atoms with Crippen molar-refractivity contribution in [3.8, 4) is 0 Å². The lowest BCUT2D eigenvalue weighted by molar-refractivity contribution is -0.202. The molecular weight excluding hydrogens is 378 g/mol. The van der Waals surface area contributed by atoms with E-state index in [4.69, 9.17) is 10.5 Å². The Labute approximate surface area is 182 Å². The van der Waals surface area contributed by atoms with Crippen LogP contribution >= 0.6 is 0 Å². The Kier molecular flexibility index (Phi) is 6.04. The normalized spacial score (nSPS) is 51.4. The molecule has 4 aliphatic rings. The van der Waals surface area contributed by atoms with Crippen LogP contribution in [0.3, 0.4) is 0 Å². The molecule has 0 heterocycles. The second-order valence-electron chi connectivity index (χ2n) is 11.7. The lowest BCUT2D eigenvalue weighted by Gasteiger charge is -2.63. The minimum absolute atomic E-state index is 0.150. The molecule has 0 aromatic rings. The van der Waals surface area contributed by atoms with E-state index in [2.05, 4.69) is 20.8 Å². The topological polar surface area (TPSA) is 92.8 Å². The zero-order valence-electron chi connectivity index (χ0n) is 19.3. The molecule has 6 unspecified atom stereocenters. The van der Waals surface area contributed by atoms with Gasteiger partial charge in [0.2, 0.25) is 0 Å². The summed E-state index contributed by atoms with van der Waals surface area (Å²) in [5, 5.41) is 22.9. The molecule has 11 atom stereocenters. The lowest BCUT2D eigenvalue weighted by atomic mass is 9.43. The molecule has 0 aromatic carbocycles. The van der Waals surface area contributed by atoms with Gasteiger partial charge in [-0.05, 0) is 97.7 Å². The van der Waals surface area contributed by atoms with Gasteiger partial charge in [-0.25, -0.2) is 0 Å². The molecule has 172 valence electrons. The van der Waals surface area contributed by atoms with E-state index in [9.17, 15) is 15.0 Å². The van der Waals surface area contributed by atoms with Gasteiger partial charge in [-0.2, -0.15) is 0 Å². The number of rotatable bonds is 4. The van der Waals surface area contributed by atoms with Crippen LogP contribution in [0.5, 0.6) is 0 Å². The second-order valence-corrected chi connectivity index (χ2v) is 11.7. The van der Waals surface area contributed by atoms with E-state index in [1.165, 1.54) is 7.11 Å². The molecule has 4 aliphatic carbocycles. The largest absolute Gasteiger partial charge is 0.469 e. The minimum Gasteiger partial charge on any atom is -0.469 e. The average Bonchev–Trinajstić information content (AvgIpc) is 3.06. The maximum absolute atomic E-state index is 11.7. The molecular formula is C25H43NO4. The average molecular weight is 422 g/mol. The summed E-state index contributed by atoms with van der Waals surface area (Å²) in [4.78, 5) is 11.7. The summed E-state index contributed by atoms with van der Waals surface area (Å²) >= 11 is 0. The number of carbonyl (C=O) groups excluding carboxylic acids is 1. The molecule has 0 aliphatic heterocycles. The van der Waals surface area contributed by atoms with E-state index < -0.39 is 0 Å². The van der Waals surface area contributed by atoms with E-state index >= 15 is 0 Å². The zero-order chi connectivity index (χ0) is 21.8. The molecule has 5 heteroatoms. The second kappa shape index (κ2) is 8.04. The van der Waals surface area contributed by atoms with Crippen LogP contribution in [0.1, 0.15) is 78.6 Å². The van der Waals surface area contributed by atoms with Crippen molar-refractivity contribution in [2.24, 2.45) is 52.1 Å². The van der Waals surface area contributed by atoms with Gasteiger partial charge < -0.3 is 20.7 Å². The van der Waals surface area contributed by atoms with Gasteiger partial charge in [0.1, 0.15) is 0 Å². The van der Waals surface area contributed by atoms with Crippen LogP contribution in [0.4, 0.5) is 0 Å². The van der Waals surface area contributed by atoms with E-state index in [1.807, 2.05) is 0 Å². The Balaban J connectivity index is 1.58. The number of methoxy groups -OCH3 is 1. The predicted octanol–water partition coefficient (Wildman–Crippen LogP) is 3.50. The molecule has 0 aromatic heterocycles. The van der Waals surface area contributed by atoms with Gasteiger partial charge in [0, 0.05) is 12.5 Å². The maximum Gasteiger partial charge on any atom is 0.305 e. The molecule has 0 radical (unpaired) electrons. The summed E-state index contributed by atoms with van der Waals surface area (Å²) in [6.45, 7) is 6.94. The van der Waals surface area contributed by atoms with Crippen molar-refractivity contribution in [3.05, 3.63) is 0 Å². The highest BCUT2D eigenvalue weighted by atomic mass is 16.5. The molecule has 5 nitrogen and oxygen atoms in total.